The summed E-state index contributed by atoms with van der Waals surface area (Å²) in [6, 6.07) is 10.0. The van der Waals surface area contributed by atoms with Gasteiger partial charge in [0.1, 0.15) is 17.3 Å². The molecule has 0 spiro atoms. The van der Waals surface area contributed by atoms with Crippen LogP contribution in [0.2, 0.25) is 0 Å². The number of anilines is 5. The van der Waals surface area contributed by atoms with Gasteiger partial charge in [0, 0.05) is 54.6 Å². The van der Waals surface area contributed by atoms with Crippen molar-refractivity contribution in [2.75, 3.05) is 63.2 Å². The summed E-state index contributed by atoms with van der Waals surface area (Å²) in [5.74, 6) is 1.82. The first-order chi connectivity index (χ1) is 19.0. The third kappa shape index (κ3) is 7.15. The first-order valence-electron chi connectivity index (χ1n) is 13.0. The molecular formula is C28H37BrN6O4S. The number of hydrogen-bond acceptors (Lipinski definition) is 10. The number of halogens is 1. The van der Waals surface area contributed by atoms with Crippen LogP contribution in [0.1, 0.15) is 24.0 Å². The molecule has 2 aromatic carbocycles. The summed E-state index contributed by atoms with van der Waals surface area (Å²) in [4.78, 5) is 13.8. The van der Waals surface area contributed by atoms with E-state index in [1.165, 1.54) is 13.4 Å². The summed E-state index contributed by atoms with van der Waals surface area (Å²) >= 11 is 3.50. The molecule has 0 amide bonds. The van der Waals surface area contributed by atoms with Crippen LogP contribution in [0.3, 0.4) is 0 Å². The van der Waals surface area contributed by atoms with Gasteiger partial charge in [0.05, 0.1) is 30.1 Å². The molecule has 0 saturated carbocycles. The minimum atomic E-state index is -3.31. The summed E-state index contributed by atoms with van der Waals surface area (Å²) < 4.78 is 36.0. The van der Waals surface area contributed by atoms with Crippen LogP contribution in [0.15, 0.2) is 41.0 Å². The number of benzene rings is 2. The molecule has 2 heterocycles. The molecule has 12 heteroatoms. The number of nitrogens with zero attached hydrogens (tertiary/aromatic N) is 4. The normalized spacial score (nSPS) is 14.3. The van der Waals surface area contributed by atoms with Crippen molar-refractivity contribution in [3.05, 3.63) is 52.1 Å². The van der Waals surface area contributed by atoms with Crippen LogP contribution in [0, 0.1) is 6.92 Å². The predicted octanol–water partition coefficient (Wildman–Crippen LogP) is 5.13. The molecule has 0 radical (unpaired) electrons. The van der Waals surface area contributed by atoms with Gasteiger partial charge >= 0.3 is 0 Å². The molecule has 216 valence electrons. The summed E-state index contributed by atoms with van der Waals surface area (Å²) in [6.45, 7) is 4.09. The number of nitrogens with one attached hydrogen (secondary N) is 2. The number of sulfone groups is 1. The van der Waals surface area contributed by atoms with Gasteiger partial charge in [-0.05, 0) is 73.6 Å². The minimum Gasteiger partial charge on any atom is -0.496 e. The molecule has 0 bridgehead atoms. The Bertz CT molecular complexity index is 1460. The Morgan fingerprint density at radius 1 is 1.07 bits per heavy atom. The number of rotatable bonds is 10. The van der Waals surface area contributed by atoms with Crippen molar-refractivity contribution >= 4 is 54.6 Å². The SMILES string of the molecule is COc1cc(N2CCC(N(C)C)CC2)c(C)cc1Nc1ncc(Br)c(Nc2cccc(OC)c2CS(C)(=O)=O)n1. The molecule has 10 nitrogen and oxygen atoms in total. The molecule has 0 unspecified atom stereocenters. The first-order valence-corrected chi connectivity index (χ1v) is 15.8. The van der Waals surface area contributed by atoms with Gasteiger partial charge in [0.15, 0.2) is 9.84 Å². The molecular weight excluding hydrogens is 596 g/mol. The van der Waals surface area contributed by atoms with Gasteiger partial charge in [-0.2, -0.15) is 4.98 Å². The lowest BCUT2D eigenvalue weighted by molar-refractivity contribution is 0.249. The highest BCUT2D eigenvalue weighted by Crippen LogP contribution is 2.37. The molecule has 4 rings (SSSR count). The van der Waals surface area contributed by atoms with Crippen molar-refractivity contribution in [1.82, 2.24) is 14.9 Å². The maximum Gasteiger partial charge on any atom is 0.229 e. The topological polar surface area (TPSA) is 109 Å². The zero-order valence-corrected chi connectivity index (χ0v) is 26.2. The van der Waals surface area contributed by atoms with Crippen molar-refractivity contribution in [2.45, 2.75) is 31.6 Å². The number of ether oxygens (including phenoxy) is 2. The molecule has 1 aromatic heterocycles. The van der Waals surface area contributed by atoms with Gasteiger partial charge in [-0.3, -0.25) is 0 Å². The highest BCUT2D eigenvalue weighted by atomic mass is 79.9. The second kappa shape index (κ2) is 12.6. The Morgan fingerprint density at radius 3 is 2.40 bits per heavy atom. The number of aromatic nitrogens is 2. The zero-order chi connectivity index (χ0) is 29.0. The average Bonchev–Trinajstić information content (AvgIpc) is 2.91. The average molecular weight is 634 g/mol. The third-order valence-corrected chi connectivity index (χ3v) is 8.45. The van der Waals surface area contributed by atoms with Crippen LogP contribution >= 0.6 is 15.9 Å². The van der Waals surface area contributed by atoms with Crippen molar-refractivity contribution in [1.29, 1.82) is 0 Å². The van der Waals surface area contributed by atoms with E-state index < -0.39 is 9.84 Å². The number of piperidine rings is 1. The summed E-state index contributed by atoms with van der Waals surface area (Å²) in [5, 5.41) is 6.54. The second-order valence-corrected chi connectivity index (χ2v) is 13.2. The van der Waals surface area contributed by atoms with Crippen molar-refractivity contribution in [3.63, 3.8) is 0 Å². The molecule has 1 aliphatic heterocycles. The number of aryl methyl sites for hydroxylation is 1. The lowest BCUT2D eigenvalue weighted by atomic mass is 10.0. The van der Waals surface area contributed by atoms with Crippen molar-refractivity contribution in [2.24, 2.45) is 0 Å². The fourth-order valence-corrected chi connectivity index (χ4v) is 6.07. The number of methoxy groups -OCH3 is 2. The van der Waals surface area contributed by atoms with Gasteiger partial charge in [-0.1, -0.05) is 6.07 Å². The molecule has 0 aliphatic carbocycles. The van der Waals surface area contributed by atoms with Crippen molar-refractivity contribution in [3.8, 4) is 11.5 Å². The van der Waals surface area contributed by atoms with Crippen LogP contribution in [-0.2, 0) is 15.6 Å². The molecule has 2 N–H and O–H groups in total. The van der Waals surface area contributed by atoms with Gasteiger partial charge in [0.2, 0.25) is 5.95 Å². The van der Waals surface area contributed by atoms with Gasteiger partial charge in [0.25, 0.3) is 0 Å². The van der Waals surface area contributed by atoms with Crippen LogP contribution < -0.4 is 25.0 Å². The fourth-order valence-electron chi connectivity index (χ4n) is 4.96. The Hall–Kier alpha value is -3.09. The van der Waals surface area contributed by atoms with Crippen molar-refractivity contribution < 1.29 is 17.9 Å². The standard InChI is InChI=1S/C28H37BrN6O4S/c1-18-14-23(26(39-5)15-24(18)35-12-10-19(11-13-35)34(2)3)32-28-30-16-21(29)27(33-28)31-22-8-7-9-25(38-4)20(22)17-40(6,36)37/h7-9,14-16,19H,10-13,17H2,1-6H3,(H2,30,31,32,33). The Labute approximate surface area is 245 Å². The largest absolute Gasteiger partial charge is 0.496 e. The predicted molar refractivity (Wildman–Crippen MR) is 164 cm³/mol. The van der Waals surface area contributed by atoms with Crippen LogP contribution in [0.5, 0.6) is 11.5 Å². The molecule has 40 heavy (non-hydrogen) atoms. The Kier molecular flexibility index (Phi) is 9.42. The number of hydrogen-bond donors (Lipinski definition) is 2. The quantitative estimate of drug-likeness (QED) is 0.312. The highest BCUT2D eigenvalue weighted by molar-refractivity contribution is 9.10. The van der Waals surface area contributed by atoms with E-state index in [0.717, 1.165) is 42.9 Å². The molecule has 0 atom stereocenters. The summed E-state index contributed by atoms with van der Waals surface area (Å²) in [7, 11) is 4.14. The van der Waals surface area contributed by atoms with E-state index >= 15 is 0 Å². The maximum absolute atomic E-state index is 12.1. The van der Waals surface area contributed by atoms with Gasteiger partial charge < -0.3 is 29.9 Å². The van der Waals surface area contributed by atoms with E-state index in [1.807, 2.05) is 0 Å². The van der Waals surface area contributed by atoms with E-state index in [4.69, 9.17) is 9.47 Å². The Balaban J connectivity index is 1.59. The van der Waals surface area contributed by atoms with E-state index in [9.17, 15) is 8.42 Å². The third-order valence-electron chi connectivity index (χ3n) is 7.06. The first kappa shape index (κ1) is 29.9. The van der Waals surface area contributed by atoms with E-state index in [-0.39, 0.29) is 5.75 Å². The molecule has 1 fully saturated rings. The second-order valence-electron chi connectivity index (χ2n) is 10.2. The van der Waals surface area contributed by atoms with E-state index in [2.05, 4.69) is 79.5 Å². The summed E-state index contributed by atoms with van der Waals surface area (Å²) in [5.41, 5.74) is 4.14. The van der Waals surface area contributed by atoms with Gasteiger partial charge in [-0.15, -0.1) is 0 Å². The van der Waals surface area contributed by atoms with Crippen LogP contribution in [-0.4, -0.2) is 77.0 Å². The molecule has 1 aliphatic rings. The Morgan fingerprint density at radius 2 is 1.77 bits per heavy atom. The smallest absolute Gasteiger partial charge is 0.229 e. The monoisotopic (exact) mass is 632 g/mol. The lowest BCUT2D eigenvalue weighted by Crippen LogP contribution is -2.42. The maximum atomic E-state index is 12.1. The summed E-state index contributed by atoms with van der Waals surface area (Å²) in [6.07, 6.45) is 5.07. The lowest BCUT2D eigenvalue weighted by Gasteiger charge is -2.37. The highest BCUT2D eigenvalue weighted by Gasteiger charge is 2.23. The van der Waals surface area contributed by atoms with Crippen LogP contribution in [0.4, 0.5) is 28.8 Å². The molecule has 3 aromatic rings. The zero-order valence-electron chi connectivity index (χ0n) is 23.8. The van der Waals surface area contributed by atoms with Gasteiger partial charge in [-0.25, -0.2) is 13.4 Å². The van der Waals surface area contributed by atoms with E-state index in [1.54, 1.807) is 31.5 Å². The minimum absolute atomic E-state index is 0.178. The van der Waals surface area contributed by atoms with E-state index in [0.29, 0.717) is 45.0 Å². The fraction of sp³-hybridized carbons (Fsp3) is 0.429. The molecule has 1 saturated heterocycles. The van der Waals surface area contributed by atoms with Crippen LogP contribution in [0.25, 0.3) is 0 Å².